The number of non-ortho nitro benzene ring substituents is 1. The third-order valence-electron chi connectivity index (χ3n) is 3.08. The van der Waals surface area contributed by atoms with Crippen LogP contribution in [0.15, 0.2) is 42.5 Å². The molecule has 0 heterocycles. The number of rotatable bonds is 7. The Bertz CT molecular complexity index is 734. The van der Waals surface area contributed by atoms with Crippen molar-refractivity contribution >= 4 is 17.3 Å². The first-order valence-corrected chi connectivity index (χ1v) is 6.98. The molecular formula is C16H15FN2O5. The van der Waals surface area contributed by atoms with Crippen molar-refractivity contribution in [2.45, 2.75) is 0 Å². The Balaban J connectivity index is 2.03. The summed E-state index contributed by atoms with van der Waals surface area (Å²) in [6.07, 6.45) is 0. The second-order valence-corrected chi connectivity index (χ2v) is 4.74. The molecule has 0 atom stereocenters. The number of nitro benzene ring substituents is 1. The molecule has 0 aliphatic carbocycles. The van der Waals surface area contributed by atoms with Crippen molar-refractivity contribution in [1.29, 1.82) is 0 Å². The number of hydrogen-bond donors (Lipinski definition) is 1. The average molecular weight is 334 g/mol. The van der Waals surface area contributed by atoms with E-state index in [0.29, 0.717) is 6.61 Å². The fourth-order valence-corrected chi connectivity index (χ4v) is 1.87. The molecule has 0 spiro atoms. The first kappa shape index (κ1) is 17.4. The summed E-state index contributed by atoms with van der Waals surface area (Å²) >= 11 is 0. The number of hydrogen-bond acceptors (Lipinski definition) is 5. The van der Waals surface area contributed by atoms with Crippen molar-refractivity contribution in [3.63, 3.8) is 0 Å². The van der Waals surface area contributed by atoms with Crippen molar-refractivity contribution in [3.8, 4) is 5.75 Å². The Hall–Kier alpha value is -3.00. The molecule has 0 fully saturated rings. The van der Waals surface area contributed by atoms with Crippen LogP contribution in [0.1, 0.15) is 10.4 Å². The molecule has 126 valence electrons. The molecule has 0 saturated heterocycles. The Kier molecular flexibility index (Phi) is 5.80. The van der Waals surface area contributed by atoms with Gasteiger partial charge >= 0.3 is 0 Å². The molecule has 7 nitrogen and oxygen atoms in total. The first-order chi connectivity index (χ1) is 11.5. The number of nitrogens with one attached hydrogen (secondary N) is 1. The van der Waals surface area contributed by atoms with E-state index in [0.717, 1.165) is 6.07 Å². The summed E-state index contributed by atoms with van der Waals surface area (Å²) < 4.78 is 23.9. The molecule has 1 N–H and O–H groups in total. The lowest BCUT2D eigenvalue weighted by molar-refractivity contribution is -0.384. The largest absolute Gasteiger partial charge is 0.488 e. The van der Waals surface area contributed by atoms with Crippen LogP contribution >= 0.6 is 0 Å². The van der Waals surface area contributed by atoms with E-state index in [-0.39, 0.29) is 29.3 Å². The number of nitro groups is 1. The first-order valence-electron chi connectivity index (χ1n) is 6.98. The highest BCUT2D eigenvalue weighted by Gasteiger charge is 2.11. The Morgan fingerprint density at radius 1 is 1.21 bits per heavy atom. The fraction of sp³-hybridized carbons (Fsp3) is 0.188. The number of ether oxygens (including phenoxy) is 2. The van der Waals surface area contributed by atoms with Gasteiger partial charge in [-0.05, 0) is 24.3 Å². The maximum absolute atomic E-state index is 13.9. The minimum Gasteiger partial charge on any atom is -0.488 e. The predicted molar refractivity (Wildman–Crippen MR) is 84.8 cm³/mol. The van der Waals surface area contributed by atoms with E-state index in [1.54, 1.807) is 0 Å². The van der Waals surface area contributed by atoms with Crippen LogP contribution in [-0.4, -0.2) is 31.2 Å². The van der Waals surface area contributed by atoms with Crippen LogP contribution in [0.25, 0.3) is 0 Å². The standard InChI is InChI=1S/C16H15FN2O5/c1-23-8-9-24-15-7-4-12(10-14(15)17)18-16(20)11-2-5-13(6-3-11)19(21)22/h2-7,10H,8-9H2,1H3,(H,18,20). The van der Waals surface area contributed by atoms with Gasteiger partial charge < -0.3 is 14.8 Å². The number of nitrogens with zero attached hydrogens (tertiary/aromatic N) is 1. The van der Waals surface area contributed by atoms with Crippen LogP contribution in [0.2, 0.25) is 0 Å². The van der Waals surface area contributed by atoms with Crippen LogP contribution in [0, 0.1) is 15.9 Å². The number of carbonyl (C=O) groups is 1. The highest BCUT2D eigenvalue weighted by Crippen LogP contribution is 2.22. The molecular weight excluding hydrogens is 319 g/mol. The summed E-state index contributed by atoms with van der Waals surface area (Å²) in [7, 11) is 1.51. The summed E-state index contributed by atoms with van der Waals surface area (Å²) in [6, 6.07) is 9.12. The number of benzene rings is 2. The maximum atomic E-state index is 13.9. The molecule has 2 aromatic carbocycles. The van der Waals surface area contributed by atoms with Gasteiger partial charge in [-0.1, -0.05) is 0 Å². The maximum Gasteiger partial charge on any atom is 0.269 e. The lowest BCUT2D eigenvalue weighted by Crippen LogP contribution is -2.12. The Morgan fingerprint density at radius 3 is 2.50 bits per heavy atom. The molecule has 24 heavy (non-hydrogen) atoms. The summed E-state index contributed by atoms with van der Waals surface area (Å²) in [5.41, 5.74) is 0.353. The molecule has 0 aromatic heterocycles. The highest BCUT2D eigenvalue weighted by atomic mass is 19.1. The number of amides is 1. The SMILES string of the molecule is COCCOc1ccc(NC(=O)c2ccc([N+](=O)[O-])cc2)cc1F. The lowest BCUT2D eigenvalue weighted by Gasteiger charge is -2.09. The molecule has 0 aliphatic rings. The van der Waals surface area contributed by atoms with Gasteiger partial charge in [0.05, 0.1) is 11.5 Å². The quantitative estimate of drug-likeness (QED) is 0.477. The third kappa shape index (κ3) is 4.50. The minimum absolute atomic E-state index is 0.0559. The summed E-state index contributed by atoms with van der Waals surface area (Å²) in [5.74, 6) is -1.06. The molecule has 0 radical (unpaired) electrons. The number of anilines is 1. The summed E-state index contributed by atoms with van der Waals surface area (Å²) in [5, 5.41) is 13.1. The van der Waals surface area contributed by atoms with Gasteiger partial charge in [0, 0.05) is 36.6 Å². The molecule has 0 saturated carbocycles. The topological polar surface area (TPSA) is 90.7 Å². The Labute approximate surface area is 137 Å². The average Bonchev–Trinajstić information content (AvgIpc) is 2.57. The second-order valence-electron chi connectivity index (χ2n) is 4.74. The van der Waals surface area contributed by atoms with Gasteiger partial charge in [-0.3, -0.25) is 14.9 Å². The van der Waals surface area contributed by atoms with Crippen LogP contribution in [0.5, 0.6) is 5.75 Å². The monoisotopic (exact) mass is 334 g/mol. The van der Waals surface area contributed by atoms with E-state index in [4.69, 9.17) is 9.47 Å². The molecule has 2 aromatic rings. The van der Waals surface area contributed by atoms with E-state index in [2.05, 4.69) is 5.32 Å². The van der Waals surface area contributed by atoms with Gasteiger partial charge in [0.15, 0.2) is 11.6 Å². The molecule has 8 heteroatoms. The minimum atomic E-state index is -0.618. The van der Waals surface area contributed by atoms with Crippen molar-refractivity contribution in [2.75, 3.05) is 25.6 Å². The fourth-order valence-electron chi connectivity index (χ4n) is 1.87. The smallest absolute Gasteiger partial charge is 0.269 e. The number of methoxy groups -OCH3 is 1. The third-order valence-corrected chi connectivity index (χ3v) is 3.08. The van der Waals surface area contributed by atoms with Crippen molar-refractivity contribution in [3.05, 3.63) is 64.0 Å². The van der Waals surface area contributed by atoms with Crippen LogP contribution in [-0.2, 0) is 4.74 Å². The van der Waals surface area contributed by atoms with Gasteiger partial charge in [-0.15, -0.1) is 0 Å². The van der Waals surface area contributed by atoms with Gasteiger partial charge in [0.2, 0.25) is 0 Å². The molecule has 1 amide bonds. The molecule has 2 rings (SSSR count). The zero-order valence-corrected chi connectivity index (χ0v) is 12.8. The van der Waals surface area contributed by atoms with Gasteiger partial charge in [0.1, 0.15) is 6.61 Å². The highest BCUT2D eigenvalue weighted by molar-refractivity contribution is 6.04. The van der Waals surface area contributed by atoms with Crippen LogP contribution < -0.4 is 10.1 Å². The summed E-state index contributed by atoms with van der Waals surface area (Å²) in [4.78, 5) is 22.1. The summed E-state index contributed by atoms with van der Waals surface area (Å²) in [6.45, 7) is 0.542. The van der Waals surface area contributed by atoms with Gasteiger partial charge in [-0.2, -0.15) is 0 Å². The predicted octanol–water partition coefficient (Wildman–Crippen LogP) is 3.01. The van der Waals surface area contributed by atoms with Crippen LogP contribution in [0.3, 0.4) is 0 Å². The zero-order chi connectivity index (χ0) is 17.5. The molecule has 0 aliphatic heterocycles. The zero-order valence-electron chi connectivity index (χ0n) is 12.8. The number of halogens is 1. The van der Waals surface area contributed by atoms with E-state index < -0.39 is 16.6 Å². The van der Waals surface area contributed by atoms with Crippen molar-refractivity contribution < 1.29 is 23.6 Å². The second kappa shape index (κ2) is 8.02. The van der Waals surface area contributed by atoms with Crippen molar-refractivity contribution in [2.24, 2.45) is 0 Å². The van der Waals surface area contributed by atoms with E-state index in [1.807, 2.05) is 0 Å². The lowest BCUT2D eigenvalue weighted by atomic mass is 10.2. The van der Waals surface area contributed by atoms with Gasteiger partial charge in [0.25, 0.3) is 11.6 Å². The van der Waals surface area contributed by atoms with E-state index in [1.165, 1.54) is 43.5 Å². The Morgan fingerprint density at radius 2 is 1.92 bits per heavy atom. The normalized spacial score (nSPS) is 10.2. The van der Waals surface area contributed by atoms with Crippen LogP contribution in [0.4, 0.5) is 15.8 Å². The number of carbonyl (C=O) groups excluding carboxylic acids is 1. The van der Waals surface area contributed by atoms with E-state index >= 15 is 0 Å². The molecule has 0 unspecified atom stereocenters. The molecule has 0 bridgehead atoms. The van der Waals surface area contributed by atoms with Crippen molar-refractivity contribution in [1.82, 2.24) is 0 Å². The van der Waals surface area contributed by atoms with Gasteiger partial charge in [-0.25, -0.2) is 4.39 Å². The van der Waals surface area contributed by atoms with E-state index in [9.17, 15) is 19.3 Å².